The first-order valence-electron chi connectivity index (χ1n) is 2.39. The summed E-state index contributed by atoms with van der Waals surface area (Å²) in [4.78, 5) is 9.87. The molecular formula is C5H8N2O2. The highest BCUT2D eigenvalue weighted by molar-refractivity contribution is 5.40. The Morgan fingerprint density at radius 1 is 1.78 bits per heavy atom. The molecule has 0 amide bonds. The molecule has 0 heterocycles. The number of nitrogens with zero attached hydrogens (tertiary/aromatic N) is 2. The van der Waals surface area contributed by atoms with Crippen LogP contribution in [0.5, 0.6) is 0 Å². The Morgan fingerprint density at radius 2 is 2.22 bits per heavy atom. The van der Waals surface area contributed by atoms with E-state index in [1.165, 1.54) is 13.8 Å². The summed E-state index contributed by atoms with van der Waals surface area (Å²) in [5.74, 6) is 1.99. The van der Waals surface area contributed by atoms with E-state index >= 15 is 0 Å². The molecule has 4 nitrogen and oxygen atoms in total. The van der Waals surface area contributed by atoms with E-state index in [2.05, 4.69) is 11.8 Å². The molecule has 0 N–H and O–H groups in total. The van der Waals surface area contributed by atoms with Gasteiger partial charge < -0.3 is 5.21 Å². The number of nitroso groups, excluding NO2 is 1. The monoisotopic (exact) mass is 128 g/mol. The molecule has 0 aliphatic rings. The maximum absolute atomic E-state index is 10.5. The smallest absolute Gasteiger partial charge is 0.305 e. The lowest BCUT2D eigenvalue weighted by atomic mass is 10.3. The molecule has 0 aliphatic heterocycles. The Bertz CT molecular complexity index is 168. The minimum Gasteiger partial charge on any atom is -0.613 e. The standard InChI is InChI=1S/C5H8N2O2/c1-4-7(9)5(2,3)6-8/h1H2,2-3H3. The molecule has 0 radical (unpaired) electrons. The van der Waals surface area contributed by atoms with Crippen LogP contribution in [0.1, 0.15) is 13.8 Å². The van der Waals surface area contributed by atoms with Crippen LogP contribution in [0.4, 0.5) is 0 Å². The molecule has 0 fully saturated rings. The summed E-state index contributed by atoms with van der Waals surface area (Å²) in [5.41, 5.74) is -1.28. The second-order valence-electron chi connectivity index (χ2n) is 2.04. The van der Waals surface area contributed by atoms with Gasteiger partial charge in [0.05, 0.1) is 0 Å². The van der Waals surface area contributed by atoms with Crippen molar-refractivity contribution in [2.45, 2.75) is 19.5 Å². The van der Waals surface area contributed by atoms with Crippen LogP contribution < -0.4 is 0 Å². The quantitative estimate of drug-likeness (QED) is 0.182. The van der Waals surface area contributed by atoms with Gasteiger partial charge in [0.1, 0.15) is 0 Å². The first kappa shape index (κ1) is 7.85. The molecule has 0 aromatic carbocycles. The second kappa shape index (κ2) is 2.42. The predicted molar refractivity (Wildman–Crippen MR) is 34.1 cm³/mol. The van der Waals surface area contributed by atoms with Crippen LogP contribution in [0.25, 0.3) is 0 Å². The molecule has 4 heteroatoms. The van der Waals surface area contributed by atoms with Crippen LogP contribution in [0.2, 0.25) is 0 Å². The van der Waals surface area contributed by atoms with Crippen LogP contribution in [0.3, 0.4) is 0 Å². The van der Waals surface area contributed by atoms with Gasteiger partial charge in [0.25, 0.3) is 0 Å². The van der Waals surface area contributed by atoms with E-state index in [0.29, 0.717) is 0 Å². The highest BCUT2D eigenvalue weighted by atomic mass is 16.5. The lowest BCUT2D eigenvalue weighted by Gasteiger charge is -2.11. The molecule has 50 valence electrons. The lowest BCUT2D eigenvalue weighted by molar-refractivity contribution is -0.532. The molecule has 0 spiro atoms. The van der Waals surface area contributed by atoms with Crippen LogP contribution in [-0.2, 0) is 0 Å². The summed E-state index contributed by atoms with van der Waals surface area (Å²) in [5, 5.41) is 13.1. The van der Waals surface area contributed by atoms with Gasteiger partial charge in [-0.3, -0.25) is 0 Å². The summed E-state index contributed by atoms with van der Waals surface area (Å²) in [6, 6.07) is 0. The van der Waals surface area contributed by atoms with E-state index in [1.807, 2.05) is 5.87 Å². The number of hydrogen-bond acceptors (Lipinski definition) is 3. The minimum atomic E-state index is -1.28. The van der Waals surface area contributed by atoms with Crippen molar-refractivity contribution in [3.8, 4) is 0 Å². The first-order chi connectivity index (χ1) is 4.04. The average molecular weight is 128 g/mol. The molecule has 0 rings (SSSR count). The molecule has 0 unspecified atom stereocenters. The summed E-state index contributed by atoms with van der Waals surface area (Å²) in [6.45, 7) is 5.82. The zero-order valence-electron chi connectivity index (χ0n) is 5.42. The first-order valence-corrected chi connectivity index (χ1v) is 2.39. The number of rotatable bonds is 2. The van der Waals surface area contributed by atoms with Gasteiger partial charge in [0.2, 0.25) is 0 Å². The van der Waals surface area contributed by atoms with E-state index in [0.717, 1.165) is 0 Å². The highest BCUT2D eigenvalue weighted by Gasteiger charge is 2.26. The third-order valence-corrected chi connectivity index (χ3v) is 0.864. The number of hydroxylamine groups is 1. The van der Waals surface area contributed by atoms with E-state index in [-0.39, 0.29) is 4.74 Å². The van der Waals surface area contributed by atoms with Crippen molar-refractivity contribution in [2.24, 2.45) is 5.18 Å². The normalized spacial score (nSPS) is 10.0. The van der Waals surface area contributed by atoms with Crippen LogP contribution in [0.15, 0.2) is 11.8 Å². The van der Waals surface area contributed by atoms with E-state index in [1.54, 1.807) is 0 Å². The lowest BCUT2D eigenvalue weighted by Crippen LogP contribution is -2.28. The minimum absolute atomic E-state index is 0.278. The maximum Gasteiger partial charge on any atom is 0.305 e. The van der Waals surface area contributed by atoms with Crippen molar-refractivity contribution in [3.63, 3.8) is 0 Å². The van der Waals surface area contributed by atoms with Gasteiger partial charge in [-0.1, -0.05) is 0 Å². The molecule has 0 aliphatic carbocycles. The van der Waals surface area contributed by atoms with Crippen molar-refractivity contribution in [1.29, 1.82) is 0 Å². The Balaban J connectivity index is 4.52. The van der Waals surface area contributed by atoms with Crippen molar-refractivity contribution < 1.29 is 4.74 Å². The van der Waals surface area contributed by atoms with E-state index in [4.69, 9.17) is 0 Å². The molecule has 9 heavy (non-hydrogen) atoms. The Labute approximate surface area is 53.1 Å². The van der Waals surface area contributed by atoms with Crippen LogP contribution in [-0.4, -0.2) is 16.3 Å². The fraction of sp³-hybridized carbons (Fsp3) is 0.600. The third kappa shape index (κ3) is 1.66. The van der Waals surface area contributed by atoms with Crippen LogP contribution >= 0.6 is 0 Å². The molecular weight excluding hydrogens is 120 g/mol. The van der Waals surface area contributed by atoms with Gasteiger partial charge in [-0.05, 0) is 0 Å². The van der Waals surface area contributed by atoms with Gasteiger partial charge in [0, 0.05) is 25.6 Å². The average Bonchev–Trinajstić information content (AvgIpc) is 1.86. The molecule has 0 saturated carbocycles. The molecule has 0 saturated heterocycles. The zero-order chi connectivity index (χ0) is 7.49. The second-order valence-corrected chi connectivity index (χ2v) is 2.04. The van der Waals surface area contributed by atoms with Gasteiger partial charge in [-0.15, -0.1) is 9.65 Å². The van der Waals surface area contributed by atoms with Crippen molar-refractivity contribution in [1.82, 2.24) is 0 Å². The van der Waals surface area contributed by atoms with Crippen LogP contribution in [0, 0.1) is 10.1 Å². The zero-order valence-corrected chi connectivity index (χ0v) is 5.42. The fourth-order valence-electron chi connectivity index (χ4n) is 0.231. The Hall–Kier alpha value is -1.15. The molecule has 0 aromatic heterocycles. The summed E-state index contributed by atoms with van der Waals surface area (Å²) in [7, 11) is 0. The third-order valence-electron chi connectivity index (χ3n) is 0.864. The maximum atomic E-state index is 10.5. The molecule has 0 aromatic rings. The summed E-state index contributed by atoms with van der Waals surface area (Å²) < 4.78 is 0.278. The number of hydrogen-bond donors (Lipinski definition) is 0. The van der Waals surface area contributed by atoms with Crippen molar-refractivity contribution in [2.75, 3.05) is 0 Å². The van der Waals surface area contributed by atoms with Crippen molar-refractivity contribution >= 4 is 5.87 Å². The summed E-state index contributed by atoms with van der Waals surface area (Å²) in [6.07, 6.45) is 0. The SMILES string of the molecule is C=C=[N+]([O-])C(C)(C)N=O. The Kier molecular flexibility index (Phi) is 2.11. The molecule has 0 bridgehead atoms. The highest BCUT2D eigenvalue weighted by Crippen LogP contribution is 2.06. The Morgan fingerprint density at radius 3 is 2.33 bits per heavy atom. The largest absolute Gasteiger partial charge is 0.613 e. The summed E-state index contributed by atoms with van der Waals surface area (Å²) >= 11 is 0. The van der Waals surface area contributed by atoms with E-state index in [9.17, 15) is 10.1 Å². The predicted octanol–water partition coefficient (Wildman–Crippen LogP) is 0.855. The fourth-order valence-corrected chi connectivity index (χ4v) is 0.231. The topological polar surface area (TPSA) is 55.5 Å². The van der Waals surface area contributed by atoms with Gasteiger partial charge in [-0.25, -0.2) is 0 Å². The van der Waals surface area contributed by atoms with Gasteiger partial charge in [0.15, 0.2) is 5.87 Å². The van der Waals surface area contributed by atoms with Gasteiger partial charge >= 0.3 is 5.66 Å². The molecule has 0 atom stereocenters. The van der Waals surface area contributed by atoms with Crippen molar-refractivity contribution in [3.05, 3.63) is 16.7 Å². The van der Waals surface area contributed by atoms with E-state index < -0.39 is 5.66 Å². The van der Waals surface area contributed by atoms with Gasteiger partial charge in [-0.2, -0.15) is 0 Å².